The van der Waals surface area contributed by atoms with E-state index in [2.05, 4.69) is 5.32 Å². The molecule has 0 aromatic heterocycles. The summed E-state index contributed by atoms with van der Waals surface area (Å²) in [4.78, 5) is 27.0. The van der Waals surface area contributed by atoms with Gasteiger partial charge in [-0.05, 0) is 43.0 Å². The van der Waals surface area contributed by atoms with Crippen molar-refractivity contribution in [2.24, 2.45) is 11.8 Å². The highest BCUT2D eigenvalue weighted by molar-refractivity contribution is 6.04. The van der Waals surface area contributed by atoms with Crippen molar-refractivity contribution in [2.45, 2.75) is 19.3 Å². The molecule has 2 atom stereocenters. The van der Waals surface area contributed by atoms with E-state index in [0.29, 0.717) is 13.0 Å². The molecule has 2 aromatic carbocycles. The van der Waals surface area contributed by atoms with E-state index in [-0.39, 0.29) is 29.3 Å². The third-order valence-corrected chi connectivity index (χ3v) is 4.95. The van der Waals surface area contributed by atoms with E-state index < -0.39 is 5.82 Å². The van der Waals surface area contributed by atoms with Crippen LogP contribution in [-0.2, 0) is 16.0 Å². The van der Waals surface area contributed by atoms with Crippen LogP contribution in [0.3, 0.4) is 0 Å². The number of hydrogen-bond acceptors (Lipinski definition) is 2. The van der Waals surface area contributed by atoms with Gasteiger partial charge in [0.05, 0.1) is 17.5 Å². The van der Waals surface area contributed by atoms with Crippen LogP contribution in [0.2, 0.25) is 0 Å². The summed E-state index contributed by atoms with van der Waals surface area (Å²) >= 11 is 0. The predicted octanol–water partition coefficient (Wildman–Crippen LogP) is 3.38. The third-order valence-electron chi connectivity index (χ3n) is 4.95. The lowest BCUT2D eigenvalue weighted by atomic mass is 10.0. The molecule has 2 amide bonds. The second-order valence-corrected chi connectivity index (χ2v) is 6.64. The molecule has 128 valence electrons. The number of carbonyl (C=O) groups is 2. The van der Waals surface area contributed by atoms with Gasteiger partial charge in [0.15, 0.2) is 0 Å². The molecule has 2 aromatic rings. The van der Waals surface area contributed by atoms with Crippen LogP contribution >= 0.6 is 0 Å². The zero-order chi connectivity index (χ0) is 17.4. The molecule has 0 spiro atoms. The molecular weight excluding hydrogens is 319 g/mol. The number of carbonyl (C=O) groups excluding carboxylic acids is 2. The Kier molecular flexibility index (Phi) is 3.99. The Bertz CT molecular complexity index is 836. The summed E-state index contributed by atoms with van der Waals surface area (Å²) in [6.45, 7) is 0.688. The summed E-state index contributed by atoms with van der Waals surface area (Å²) in [5.41, 5.74) is 2.29. The molecule has 1 N–H and O–H groups in total. The molecule has 1 saturated carbocycles. The average molecular weight is 338 g/mol. The zero-order valence-electron chi connectivity index (χ0n) is 13.7. The van der Waals surface area contributed by atoms with Crippen LogP contribution in [0.5, 0.6) is 0 Å². The normalized spacial score (nSPS) is 21.4. The van der Waals surface area contributed by atoms with Crippen LogP contribution in [0, 0.1) is 17.7 Å². The van der Waals surface area contributed by atoms with Crippen LogP contribution < -0.4 is 10.2 Å². The van der Waals surface area contributed by atoms with Crippen LogP contribution in [0.25, 0.3) is 0 Å². The number of aryl methyl sites for hydroxylation is 1. The number of halogens is 1. The molecule has 1 fully saturated rings. The van der Waals surface area contributed by atoms with Gasteiger partial charge in [-0.2, -0.15) is 0 Å². The Labute approximate surface area is 145 Å². The van der Waals surface area contributed by atoms with Gasteiger partial charge < -0.3 is 10.2 Å². The lowest BCUT2D eigenvalue weighted by molar-refractivity contribution is -0.123. The van der Waals surface area contributed by atoms with Crippen LogP contribution in [0.1, 0.15) is 18.4 Å². The summed E-state index contributed by atoms with van der Waals surface area (Å²) in [6.07, 6.45) is 2.43. The van der Waals surface area contributed by atoms with E-state index in [4.69, 9.17) is 0 Å². The number of rotatable bonds is 3. The molecule has 2 unspecified atom stereocenters. The minimum Gasteiger partial charge on any atom is -0.323 e. The lowest BCUT2D eigenvalue weighted by Crippen LogP contribution is -2.37. The number of amides is 2. The number of anilines is 2. The maximum absolute atomic E-state index is 13.7. The van der Waals surface area contributed by atoms with Crippen molar-refractivity contribution in [3.05, 3.63) is 59.9 Å². The molecule has 1 heterocycles. The highest BCUT2D eigenvalue weighted by Gasteiger charge is 2.50. The van der Waals surface area contributed by atoms with Gasteiger partial charge in [-0.3, -0.25) is 9.59 Å². The number of nitrogens with zero attached hydrogens (tertiary/aromatic N) is 1. The first kappa shape index (κ1) is 15.8. The van der Waals surface area contributed by atoms with Gasteiger partial charge in [0.25, 0.3) is 0 Å². The van der Waals surface area contributed by atoms with Gasteiger partial charge in [-0.25, -0.2) is 4.39 Å². The molecule has 25 heavy (non-hydrogen) atoms. The molecule has 4 rings (SSSR count). The summed E-state index contributed by atoms with van der Waals surface area (Å²) < 4.78 is 13.7. The Hall–Kier alpha value is -2.69. The van der Waals surface area contributed by atoms with Crippen molar-refractivity contribution in [2.75, 3.05) is 16.8 Å². The maximum Gasteiger partial charge on any atom is 0.230 e. The van der Waals surface area contributed by atoms with E-state index >= 15 is 0 Å². The Morgan fingerprint density at radius 2 is 1.80 bits per heavy atom. The first-order chi connectivity index (χ1) is 12.1. The van der Waals surface area contributed by atoms with Gasteiger partial charge in [0, 0.05) is 12.2 Å². The zero-order valence-corrected chi connectivity index (χ0v) is 13.7. The van der Waals surface area contributed by atoms with E-state index in [9.17, 15) is 14.0 Å². The first-order valence-corrected chi connectivity index (χ1v) is 8.60. The van der Waals surface area contributed by atoms with E-state index in [1.807, 2.05) is 24.3 Å². The highest BCUT2D eigenvalue weighted by Crippen LogP contribution is 2.42. The van der Waals surface area contributed by atoms with Gasteiger partial charge in [0.2, 0.25) is 11.8 Å². The monoisotopic (exact) mass is 338 g/mol. The number of hydrogen-bond donors (Lipinski definition) is 1. The largest absolute Gasteiger partial charge is 0.323 e. The second-order valence-electron chi connectivity index (χ2n) is 6.64. The van der Waals surface area contributed by atoms with Crippen molar-refractivity contribution in [1.82, 2.24) is 0 Å². The third kappa shape index (κ3) is 3.02. The minimum absolute atomic E-state index is 0.000772. The molecular formula is C20H19FN2O2. The van der Waals surface area contributed by atoms with Gasteiger partial charge >= 0.3 is 0 Å². The van der Waals surface area contributed by atoms with Crippen LogP contribution in [-0.4, -0.2) is 18.4 Å². The summed E-state index contributed by atoms with van der Waals surface area (Å²) in [7, 11) is 0. The number of benzene rings is 2. The fourth-order valence-electron chi connectivity index (χ4n) is 3.51. The second kappa shape index (κ2) is 6.31. The standard InChI is InChI=1S/C20H19FN2O2/c21-16-8-2-3-9-17(16)22-19(24)14-12-15(14)20(25)23-11-5-7-13-6-1-4-10-18(13)23/h1-4,6,8-10,14-15H,5,7,11-12H2,(H,22,24). The molecule has 4 nitrogen and oxygen atoms in total. The summed E-state index contributed by atoms with van der Waals surface area (Å²) in [5, 5.41) is 2.59. The number of nitrogens with one attached hydrogen (secondary N) is 1. The van der Waals surface area contributed by atoms with E-state index in [1.54, 1.807) is 17.0 Å². The SMILES string of the molecule is O=C(Nc1ccccc1F)C1CC1C(=O)N1CCCc2ccccc21. The summed E-state index contributed by atoms with van der Waals surface area (Å²) in [5.74, 6) is -1.43. The Morgan fingerprint density at radius 1 is 1.04 bits per heavy atom. The maximum atomic E-state index is 13.7. The number of fused-ring (bicyclic) bond motifs is 1. The molecule has 0 bridgehead atoms. The topological polar surface area (TPSA) is 49.4 Å². The van der Waals surface area contributed by atoms with E-state index in [1.165, 1.54) is 17.7 Å². The molecule has 1 aliphatic carbocycles. The van der Waals surface area contributed by atoms with Crippen molar-refractivity contribution in [3.8, 4) is 0 Å². The average Bonchev–Trinajstić information content (AvgIpc) is 3.43. The highest BCUT2D eigenvalue weighted by atomic mass is 19.1. The Balaban J connectivity index is 1.44. The predicted molar refractivity (Wildman–Crippen MR) is 93.7 cm³/mol. The van der Waals surface area contributed by atoms with Crippen molar-refractivity contribution >= 4 is 23.2 Å². The smallest absolute Gasteiger partial charge is 0.230 e. The van der Waals surface area contributed by atoms with Crippen LogP contribution in [0.4, 0.5) is 15.8 Å². The summed E-state index contributed by atoms with van der Waals surface area (Å²) in [6, 6.07) is 14.0. The molecule has 2 aliphatic rings. The lowest BCUT2D eigenvalue weighted by Gasteiger charge is -2.29. The molecule has 0 saturated heterocycles. The van der Waals surface area contributed by atoms with Gasteiger partial charge in [0.1, 0.15) is 5.82 Å². The molecule has 1 aliphatic heterocycles. The number of para-hydroxylation sites is 2. The van der Waals surface area contributed by atoms with Gasteiger partial charge in [-0.15, -0.1) is 0 Å². The van der Waals surface area contributed by atoms with E-state index in [0.717, 1.165) is 18.5 Å². The molecule has 0 radical (unpaired) electrons. The first-order valence-electron chi connectivity index (χ1n) is 8.60. The van der Waals surface area contributed by atoms with Gasteiger partial charge in [-0.1, -0.05) is 30.3 Å². The van der Waals surface area contributed by atoms with Crippen molar-refractivity contribution in [3.63, 3.8) is 0 Å². The Morgan fingerprint density at radius 3 is 2.64 bits per heavy atom. The minimum atomic E-state index is -0.468. The van der Waals surface area contributed by atoms with Crippen molar-refractivity contribution in [1.29, 1.82) is 0 Å². The quantitative estimate of drug-likeness (QED) is 0.933. The molecule has 5 heteroatoms. The fourth-order valence-corrected chi connectivity index (χ4v) is 3.51. The van der Waals surface area contributed by atoms with Crippen molar-refractivity contribution < 1.29 is 14.0 Å². The fraction of sp³-hybridized carbons (Fsp3) is 0.300. The van der Waals surface area contributed by atoms with Crippen LogP contribution in [0.15, 0.2) is 48.5 Å².